The van der Waals surface area contributed by atoms with Crippen LogP contribution in [0.5, 0.6) is 0 Å². The largest absolute Gasteiger partial charge is 0.462 e. The van der Waals surface area contributed by atoms with Gasteiger partial charge in [0.2, 0.25) is 11.9 Å². The quantitative estimate of drug-likeness (QED) is 0.0602. The Morgan fingerprint density at radius 2 is 1.09 bits per heavy atom. The molecule has 4 aromatic rings. The summed E-state index contributed by atoms with van der Waals surface area (Å²) in [7, 11) is 0. The van der Waals surface area contributed by atoms with E-state index in [2.05, 4.69) is 29.9 Å². The lowest BCUT2D eigenvalue weighted by Gasteiger charge is -2.14. The Kier molecular flexibility index (Phi) is 14.4. The average Bonchev–Trinajstić information content (AvgIpc) is 3.60. The maximum atomic E-state index is 11.6. The summed E-state index contributed by atoms with van der Waals surface area (Å²) in [4.78, 5) is 67.0. The van der Waals surface area contributed by atoms with Crippen molar-refractivity contribution < 1.29 is 34.0 Å². The van der Waals surface area contributed by atoms with Crippen molar-refractivity contribution in [2.45, 2.75) is 53.2 Å². The number of esters is 2. The van der Waals surface area contributed by atoms with Crippen molar-refractivity contribution in [2.75, 3.05) is 37.9 Å². The van der Waals surface area contributed by atoms with Crippen LogP contribution in [0, 0.1) is 11.8 Å². The van der Waals surface area contributed by atoms with Crippen molar-refractivity contribution in [3.8, 4) is 0 Å². The van der Waals surface area contributed by atoms with E-state index in [1.807, 2.05) is 27.7 Å². The fraction of sp³-hybridized carbons (Fsp3) is 0.538. The lowest BCUT2D eigenvalue weighted by Crippen LogP contribution is -2.37. The van der Waals surface area contributed by atoms with Crippen LogP contribution >= 0.6 is 0 Å². The second-order valence-electron chi connectivity index (χ2n) is 10.6. The van der Waals surface area contributed by atoms with Crippen molar-refractivity contribution in [3.63, 3.8) is 0 Å². The Morgan fingerprint density at radius 3 is 1.43 bits per heavy atom. The molecule has 0 aliphatic carbocycles. The number of rotatable bonds is 14. The highest BCUT2D eigenvalue weighted by atomic mass is 16.6. The molecule has 4 rings (SSSR count). The molecule has 21 nitrogen and oxygen atoms in total. The smallest absolute Gasteiger partial charge is 0.323 e. The molecule has 0 unspecified atom stereocenters. The topological polar surface area (TPSA) is 334 Å². The van der Waals surface area contributed by atoms with E-state index in [1.165, 1.54) is 21.8 Å². The van der Waals surface area contributed by atoms with Gasteiger partial charge in [0.15, 0.2) is 22.3 Å². The standard InChI is InChI=1S/2C13H20N6O4.H2O/c2*1-7(2)8(14)12(21)23-4-3-22-6-19-5-16-9-10(19)17-13(15)18-11(9)20;/h2*5,7-8H,3-4,6,14H2,1-2H3,(H3,15,17,18,20);1H2/t2*8-;/m00./s1. The second kappa shape index (κ2) is 17.7. The molecule has 0 aliphatic rings. The number of H-pyrrole nitrogens is 2. The molecular weight excluding hydrogens is 624 g/mol. The summed E-state index contributed by atoms with van der Waals surface area (Å²) in [6.45, 7) is 8.08. The highest BCUT2D eigenvalue weighted by Gasteiger charge is 2.19. The third kappa shape index (κ3) is 10.5. The number of anilines is 2. The van der Waals surface area contributed by atoms with E-state index in [0.717, 1.165) is 0 Å². The lowest BCUT2D eigenvalue weighted by molar-refractivity contribution is -0.149. The molecule has 2 atom stereocenters. The molecule has 260 valence electrons. The Hall–Kier alpha value is -4.96. The van der Waals surface area contributed by atoms with Gasteiger partial charge >= 0.3 is 11.9 Å². The average molecular weight is 667 g/mol. The predicted molar refractivity (Wildman–Crippen MR) is 168 cm³/mol. The van der Waals surface area contributed by atoms with Crippen LogP contribution in [0.2, 0.25) is 0 Å². The van der Waals surface area contributed by atoms with Crippen LogP contribution in [0.4, 0.5) is 11.9 Å². The molecule has 21 heteroatoms. The third-order valence-electron chi connectivity index (χ3n) is 6.37. The molecule has 4 heterocycles. The van der Waals surface area contributed by atoms with E-state index < -0.39 is 35.1 Å². The first-order valence-corrected chi connectivity index (χ1v) is 14.2. The molecule has 4 aromatic heterocycles. The molecular formula is C26H42N12O9. The van der Waals surface area contributed by atoms with E-state index >= 15 is 0 Å². The number of fused-ring (bicyclic) bond motifs is 2. The number of ether oxygens (including phenoxy) is 4. The monoisotopic (exact) mass is 666 g/mol. The zero-order valence-electron chi connectivity index (χ0n) is 26.5. The summed E-state index contributed by atoms with van der Waals surface area (Å²) < 4.78 is 23.8. The van der Waals surface area contributed by atoms with Crippen LogP contribution in [0.15, 0.2) is 22.2 Å². The number of nitrogens with one attached hydrogen (secondary N) is 2. The van der Waals surface area contributed by atoms with Gasteiger partial charge in [-0.3, -0.25) is 38.3 Å². The van der Waals surface area contributed by atoms with Gasteiger partial charge in [0.05, 0.1) is 25.9 Å². The maximum absolute atomic E-state index is 11.6. The third-order valence-corrected chi connectivity index (χ3v) is 6.37. The van der Waals surface area contributed by atoms with Crippen molar-refractivity contribution >= 4 is 46.2 Å². The zero-order valence-corrected chi connectivity index (χ0v) is 26.5. The molecule has 0 saturated heterocycles. The number of imidazole rings is 2. The zero-order chi connectivity index (χ0) is 34.0. The molecule has 0 bridgehead atoms. The van der Waals surface area contributed by atoms with Crippen LogP contribution in [0.1, 0.15) is 27.7 Å². The first-order chi connectivity index (χ1) is 21.8. The summed E-state index contributed by atoms with van der Waals surface area (Å²) in [6.07, 6.45) is 2.85. The Labute approximate surface area is 267 Å². The fourth-order valence-electron chi connectivity index (χ4n) is 3.60. The molecule has 0 fully saturated rings. The maximum Gasteiger partial charge on any atom is 0.323 e. The van der Waals surface area contributed by atoms with Gasteiger partial charge in [-0.1, -0.05) is 27.7 Å². The molecule has 0 aliphatic heterocycles. The molecule has 12 N–H and O–H groups in total. The first-order valence-electron chi connectivity index (χ1n) is 14.2. The summed E-state index contributed by atoms with van der Waals surface area (Å²) in [5.74, 6) is -0.900. The van der Waals surface area contributed by atoms with Crippen LogP contribution in [-0.2, 0) is 42.0 Å². The van der Waals surface area contributed by atoms with Crippen molar-refractivity contribution in [1.82, 2.24) is 39.0 Å². The number of aromatic amines is 2. The van der Waals surface area contributed by atoms with Gasteiger partial charge in [-0.05, 0) is 11.8 Å². The summed E-state index contributed by atoms with van der Waals surface area (Å²) in [5, 5.41) is 0. The predicted octanol–water partition coefficient (Wildman–Crippen LogP) is -2.42. The van der Waals surface area contributed by atoms with Crippen LogP contribution in [-0.4, -0.2) is 95.0 Å². The van der Waals surface area contributed by atoms with Gasteiger partial charge < -0.3 is 47.4 Å². The van der Waals surface area contributed by atoms with Crippen molar-refractivity contribution in [1.29, 1.82) is 0 Å². The summed E-state index contributed by atoms with van der Waals surface area (Å²) in [6, 6.07) is -1.29. The molecule has 0 amide bonds. The van der Waals surface area contributed by atoms with Gasteiger partial charge in [0.25, 0.3) is 11.1 Å². The van der Waals surface area contributed by atoms with E-state index in [9.17, 15) is 19.2 Å². The Balaban J connectivity index is 0.000000320. The van der Waals surface area contributed by atoms with Gasteiger partial charge in [-0.2, -0.15) is 9.97 Å². The lowest BCUT2D eigenvalue weighted by atomic mass is 10.1. The number of carbonyl (C=O) groups excluding carboxylic acids is 2. The number of hydrogen-bond acceptors (Lipinski definition) is 16. The number of aromatic nitrogens is 8. The minimum Gasteiger partial charge on any atom is -0.462 e. The number of hydrogen-bond donors (Lipinski definition) is 6. The fourth-order valence-corrected chi connectivity index (χ4v) is 3.60. The van der Waals surface area contributed by atoms with Gasteiger partial charge in [0, 0.05) is 0 Å². The SMILES string of the molecule is CC(C)[C@H](N)C(=O)OCCOCn1cnc2c(=O)[nH]c(N)nc21.CC(C)[C@H](N)C(=O)OCCOCn1cnc2c(=O)[nH]c(N)nc21.O. The number of nitrogens with zero attached hydrogens (tertiary/aromatic N) is 6. The van der Waals surface area contributed by atoms with Gasteiger partial charge in [-0.25, -0.2) is 9.97 Å². The molecule has 0 radical (unpaired) electrons. The minimum absolute atomic E-state index is 0. The molecule has 0 spiro atoms. The number of carbonyl (C=O) groups is 2. The van der Waals surface area contributed by atoms with E-state index in [1.54, 1.807) is 0 Å². The number of nitrogens with two attached hydrogens (primary N) is 4. The highest BCUT2D eigenvalue weighted by Crippen LogP contribution is 2.08. The van der Waals surface area contributed by atoms with Crippen LogP contribution < -0.4 is 34.1 Å². The van der Waals surface area contributed by atoms with Gasteiger partial charge in [-0.15, -0.1) is 0 Å². The summed E-state index contributed by atoms with van der Waals surface area (Å²) >= 11 is 0. The first kappa shape index (κ1) is 38.2. The minimum atomic E-state index is -0.647. The number of nitrogen functional groups attached to an aromatic ring is 2. The Morgan fingerprint density at radius 1 is 0.723 bits per heavy atom. The molecule has 0 aromatic carbocycles. The van der Waals surface area contributed by atoms with E-state index in [-0.39, 0.29) is 80.1 Å². The van der Waals surface area contributed by atoms with E-state index in [4.69, 9.17) is 41.9 Å². The molecule has 0 saturated carbocycles. The van der Waals surface area contributed by atoms with Gasteiger partial charge in [0.1, 0.15) is 38.8 Å². The molecule has 47 heavy (non-hydrogen) atoms. The summed E-state index contributed by atoms with van der Waals surface area (Å²) in [5.41, 5.74) is 22.5. The van der Waals surface area contributed by atoms with Crippen molar-refractivity contribution in [3.05, 3.63) is 33.4 Å². The Bertz CT molecular complexity index is 1600. The van der Waals surface area contributed by atoms with E-state index in [0.29, 0.717) is 11.3 Å². The normalized spacial score (nSPS) is 12.4. The van der Waals surface area contributed by atoms with Crippen LogP contribution in [0.3, 0.4) is 0 Å². The highest BCUT2D eigenvalue weighted by molar-refractivity contribution is 5.76. The van der Waals surface area contributed by atoms with Crippen molar-refractivity contribution in [2.24, 2.45) is 23.3 Å². The van der Waals surface area contributed by atoms with Crippen LogP contribution in [0.25, 0.3) is 22.3 Å². The second-order valence-corrected chi connectivity index (χ2v) is 10.6.